The lowest BCUT2D eigenvalue weighted by Crippen LogP contribution is -2.38. The van der Waals surface area contributed by atoms with E-state index in [2.05, 4.69) is 15.9 Å². The Morgan fingerprint density at radius 3 is 2.71 bits per heavy atom. The predicted molar refractivity (Wildman–Crippen MR) is 95.8 cm³/mol. The van der Waals surface area contributed by atoms with E-state index in [1.54, 1.807) is 25.1 Å². The van der Waals surface area contributed by atoms with Gasteiger partial charge in [0.15, 0.2) is 0 Å². The van der Waals surface area contributed by atoms with Crippen molar-refractivity contribution in [3.63, 3.8) is 0 Å². The second kappa shape index (κ2) is 6.19. The third-order valence-electron chi connectivity index (χ3n) is 3.53. The summed E-state index contributed by atoms with van der Waals surface area (Å²) in [5, 5.41) is 9.62. The van der Waals surface area contributed by atoms with Gasteiger partial charge in [-0.2, -0.15) is 0 Å². The maximum Gasteiger partial charge on any atom is 0.347 e. The van der Waals surface area contributed by atoms with Gasteiger partial charge in [0, 0.05) is 16.2 Å². The van der Waals surface area contributed by atoms with Crippen LogP contribution in [0.1, 0.15) is 20.8 Å². The summed E-state index contributed by atoms with van der Waals surface area (Å²) in [6.45, 7) is 1.64. The second-order valence-electron chi connectivity index (χ2n) is 5.12. The van der Waals surface area contributed by atoms with Gasteiger partial charge in [-0.05, 0) is 40.5 Å². The molecular weight excluding hydrogens is 420 g/mol. The third-order valence-corrected chi connectivity index (χ3v) is 5.94. The van der Waals surface area contributed by atoms with E-state index in [1.807, 2.05) is 0 Å². The van der Waals surface area contributed by atoms with Crippen LogP contribution in [-0.2, 0) is 6.54 Å². The van der Waals surface area contributed by atoms with E-state index in [-0.39, 0.29) is 11.4 Å². The first-order chi connectivity index (χ1) is 11.3. The standard InChI is InChI=1S/C15H10BrClN2O4S/c1-7-12(20)18(5-8-2-3-10(17)9(16)4-8)15(23)19-6-11(14(21)22)24-13(7)19/h2-4,6H,5H2,1H3,(H,21,22). The average molecular weight is 430 g/mol. The Morgan fingerprint density at radius 1 is 1.38 bits per heavy atom. The molecule has 6 nitrogen and oxygen atoms in total. The molecule has 3 aromatic rings. The number of carboxylic acid groups (broad SMARTS) is 1. The van der Waals surface area contributed by atoms with Gasteiger partial charge in [0.1, 0.15) is 9.71 Å². The summed E-state index contributed by atoms with van der Waals surface area (Å²) in [5.74, 6) is -1.14. The molecule has 0 radical (unpaired) electrons. The van der Waals surface area contributed by atoms with Crippen molar-refractivity contribution in [2.24, 2.45) is 0 Å². The molecule has 1 N–H and O–H groups in total. The summed E-state index contributed by atoms with van der Waals surface area (Å²) in [4.78, 5) is 36.6. The highest BCUT2D eigenvalue weighted by molar-refractivity contribution is 9.10. The molecule has 2 heterocycles. The van der Waals surface area contributed by atoms with Gasteiger partial charge in [-0.15, -0.1) is 11.3 Å². The number of aryl methyl sites for hydroxylation is 1. The molecule has 0 aliphatic carbocycles. The number of hydrogen-bond acceptors (Lipinski definition) is 4. The normalized spacial score (nSPS) is 11.1. The molecule has 0 aliphatic heterocycles. The first-order valence-corrected chi connectivity index (χ1v) is 8.71. The average Bonchev–Trinajstić information content (AvgIpc) is 2.99. The van der Waals surface area contributed by atoms with Gasteiger partial charge < -0.3 is 5.11 Å². The van der Waals surface area contributed by atoms with Crippen LogP contribution in [0.5, 0.6) is 0 Å². The minimum Gasteiger partial charge on any atom is -0.477 e. The summed E-state index contributed by atoms with van der Waals surface area (Å²) in [6.07, 6.45) is 1.24. The maximum absolute atomic E-state index is 12.6. The van der Waals surface area contributed by atoms with Gasteiger partial charge in [-0.25, -0.2) is 9.59 Å². The van der Waals surface area contributed by atoms with Gasteiger partial charge in [0.25, 0.3) is 5.56 Å². The van der Waals surface area contributed by atoms with Crippen LogP contribution in [0.25, 0.3) is 4.83 Å². The molecule has 0 fully saturated rings. The Labute approximate surface area is 152 Å². The number of aromatic nitrogens is 2. The zero-order valence-electron chi connectivity index (χ0n) is 12.2. The predicted octanol–water partition coefficient (Wildman–Crippen LogP) is 2.99. The van der Waals surface area contributed by atoms with Crippen LogP contribution in [0, 0.1) is 6.92 Å². The van der Waals surface area contributed by atoms with E-state index >= 15 is 0 Å². The lowest BCUT2D eigenvalue weighted by molar-refractivity contribution is 0.0701. The summed E-state index contributed by atoms with van der Waals surface area (Å²) < 4.78 is 2.95. The Morgan fingerprint density at radius 2 is 2.08 bits per heavy atom. The molecule has 3 rings (SSSR count). The van der Waals surface area contributed by atoms with Gasteiger partial charge in [0.2, 0.25) is 0 Å². The van der Waals surface area contributed by atoms with E-state index in [0.717, 1.165) is 21.5 Å². The first-order valence-electron chi connectivity index (χ1n) is 6.72. The molecular formula is C15H10BrClN2O4S. The van der Waals surface area contributed by atoms with E-state index in [9.17, 15) is 14.4 Å². The quantitative estimate of drug-likeness (QED) is 0.694. The number of thiazole rings is 1. The number of nitrogens with zero attached hydrogens (tertiary/aromatic N) is 2. The molecule has 0 amide bonds. The van der Waals surface area contributed by atoms with Gasteiger partial charge >= 0.3 is 11.7 Å². The van der Waals surface area contributed by atoms with Crippen LogP contribution in [-0.4, -0.2) is 20.0 Å². The van der Waals surface area contributed by atoms with Crippen LogP contribution < -0.4 is 11.2 Å². The number of halogens is 2. The minimum absolute atomic E-state index is 0.00147. The monoisotopic (exact) mass is 428 g/mol. The molecule has 0 unspecified atom stereocenters. The number of benzene rings is 1. The van der Waals surface area contributed by atoms with E-state index in [0.29, 0.717) is 19.9 Å². The molecule has 0 atom stereocenters. The lowest BCUT2D eigenvalue weighted by atomic mass is 10.2. The molecule has 0 bridgehead atoms. The highest BCUT2D eigenvalue weighted by Gasteiger charge is 2.17. The third kappa shape index (κ3) is 2.81. The smallest absolute Gasteiger partial charge is 0.347 e. The fourth-order valence-corrected chi connectivity index (χ4v) is 3.79. The van der Waals surface area contributed by atoms with Crippen LogP contribution >= 0.6 is 38.9 Å². The number of carbonyl (C=O) groups is 1. The summed E-state index contributed by atoms with van der Waals surface area (Å²) in [6, 6.07) is 5.12. The van der Waals surface area contributed by atoms with Crippen molar-refractivity contribution in [1.82, 2.24) is 8.97 Å². The van der Waals surface area contributed by atoms with E-state index < -0.39 is 17.2 Å². The maximum atomic E-state index is 12.6. The summed E-state index contributed by atoms with van der Waals surface area (Å²) >= 11 is 10.2. The van der Waals surface area contributed by atoms with Crippen LogP contribution in [0.4, 0.5) is 0 Å². The van der Waals surface area contributed by atoms with E-state index in [1.165, 1.54) is 10.6 Å². The van der Waals surface area contributed by atoms with Gasteiger partial charge in [-0.3, -0.25) is 13.8 Å². The van der Waals surface area contributed by atoms with Gasteiger partial charge in [0.05, 0.1) is 11.6 Å². The van der Waals surface area contributed by atoms with Crippen molar-refractivity contribution in [2.45, 2.75) is 13.5 Å². The van der Waals surface area contributed by atoms with Crippen LogP contribution in [0.2, 0.25) is 5.02 Å². The molecule has 1 aromatic carbocycles. The topological polar surface area (TPSA) is 80.8 Å². The second-order valence-corrected chi connectivity index (χ2v) is 7.42. The molecule has 124 valence electrons. The fraction of sp³-hybridized carbons (Fsp3) is 0.133. The molecule has 24 heavy (non-hydrogen) atoms. The van der Waals surface area contributed by atoms with Crippen molar-refractivity contribution in [3.8, 4) is 0 Å². The fourth-order valence-electron chi connectivity index (χ4n) is 2.32. The van der Waals surface area contributed by atoms with Crippen molar-refractivity contribution >= 4 is 49.7 Å². The number of aromatic carboxylic acids is 1. The summed E-state index contributed by atoms with van der Waals surface area (Å²) in [7, 11) is 0. The Kier molecular flexibility index (Phi) is 4.37. The SMILES string of the molecule is Cc1c(=O)n(Cc2ccc(Cl)c(Br)c2)c(=O)n2cc(C(=O)O)sc12. The molecule has 0 spiro atoms. The van der Waals surface area contributed by atoms with Gasteiger partial charge in [-0.1, -0.05) is 17.7 Å². The van der Waals surface area contributed by atoms with Crippen LogP contribution in [0.15, 0.2) is 38.5 Å². The molecule has 9 heteroatoms. The van der Waals surface area contributed by atoms with Crippen LogP contribution in [0.3, 0.4) is 0 Å². The summed E-state index contributed by atoms with van der Waals surface area (Å²) in [5.41, 5.74) is 0.0407. The number of carboxylic acids is 1. The first kappa shape index (κ1) is 16.9. The van der Waals surface area contributed by atoms with Crippen molar-refractivity contribution < 1.29 is 9.90 Å². The van der Waals surface area contributed by atoms with Crippen molar-refractivity contribution in [2.75, 3.05) is 0 Å². The number of hydrogen-bond donors (Lipinski definition) is 1. The van der Waals surface area contributed by atoms with E-state index in [4.69, 9.17) is 16.7 Å². The molecule has 2 aromatic heterocycles. The molecule has 0 saturated heterocycles. The molecule has 0 saturated carbocycles. The number of fused-ring (bicyclic) bond motifs is 1. The Hall–Kier alpha value is -1.90. The molecule has 0 aliphatic rings. The van der Waals surface area contributed by atoms with Crippen molar-refractivity contribution in [3.05, 3.63) is 70.7 Å². The highest BCUT2D eigenvalue weighted by atomic mass is 79.9. The zero-order valence-corrected chi connectivity index (χ0v) is 15.4. The zero-order chi connectivity index (χ0) is 17.6. The minimum atomic E-state index is -1.14. The Balaban J connectivity index is 2.21. The number of rotatable bonds is 3. The lowest BCUT2D eigenvalue weighted by Gasteiger charge is -2.08. The largest absolute Gasteiger partial charge is 0.477 e. The highest BCUT2D eigenvalue weighted by Crippen LogP contribution is 2.23. The Bertz CT molecular complexity index is 1100. The van der Waals surface area contributed by atoms with Crippen molar-refractivity contribution in [1.29, 1.82) is 0 Å².